The minimum Gasteiger partial charge on any atom is -0.462 e. The lowest BCUT2D eigenvalue weighted by molar-refractivity contribution is -0.166. The first-order valence-electron chi connectivity index (χ1n) is 26.0. The lowest BCUT2D eigenvalue weighted by Crippen LogP contribution is -2.30. The number of unbranched alkanes of at least 4 members (excludes halogenated alkanes) is 24. The number of allylic oxidation sites excluding steroid dienone is 12. The highest BCUT2D eigenvalue weighted by molar-refractivity contribution is 5.71. The number of carbonyl (C=O) groups excluding carboxylic acids is 3. The number of esters is 3. The van der Waals surface area contributed by atoms with E-state index < -0.39 is 12.1 Å². The van der Waals surface area contributed by atoms with Crippen molar-refractivity contribution in [2.75, 3.05) is 13.2 Å². The van der Waals surface area contributed by atoms with Gasteiger partial charge in [0.05, 0.1) is 0 Å². The highest BCUT2D eigenvalue weighted by atomic mass is 16.6. The van der Waals surface area contributed by atoms with Gasteiger partial charge in [-0.2, -0.15) is 0 Å². The molecule has 0 radical (unpaired) electrons. The third-order valence-corrected chi connectivity index (χ3v) is 11.0. The maximum Gasteiger partial charge on any atom is 0.306 e. The number of rotatable bonds is 46. The molecule has 0 heterocycles. The smallest absolute Gasteiger partial charge is 0.306 e. The molecule has 0 fully saturated rings. The first kappa shape index (κ1) is 58.9. The van der Waals surface area contributed by atoms with Crippen molar-refractivity contribution in [1.29, 1.82) is 0 Å². The molecule has 0 saturated carbocycles. The Morgan fingerprint density at radius 1 is 0.339 bits per heavy atom. The molecule has 0 amide bonds. The number of hydrogen-bond donors (Lipinski definition) is 0. The molecular formula is C56H96O6. The maximum atomic E-state index is 12.7. The van der Waals surface area contributed by atoms with E-state index in [1.165, 1.54) is 128 Å². The van der Waals surface area contributed by atoms with Gasteiger partial charge in [-0.25, -0.2) is 0 Å². The van der Waals surface area contributed by atoms with Crippen molar-refractivity contribution in [3.05, 3.63) is 72.9 Å². The molecule has 0 aromatic rings. The Labute approximate surface area is 382 Å². The Balaban J connectivity index is 4.50. The number of ether oxygens (including phenoxy) is 3. The van der Waals surface area contributed by atoms with Crippen LogP contribution < -0.4 is 0 Å². The van der Waals surface area contributed by atoms with Gasteiger partial charge < -0.3 is 14.2 Å². The molecule has 1 unspecified atom stereocenters. The number of carbonyl (C=O) groups is 3. The Bertz CT molecular complexity index is 1180. The van der Waals surface area contributed by atoms with Crippen LogP contribution in [0, 0.1) is 0 Å². The van der Waals surface area contributed by atoms with Crippen LogP contribution in [0.15, 0.2) is 72.9 Å². The summed E-state index contributed by atoms with van der Waals surface area (Å²) in [5.74, 6) is -1.08. The average molecular weight is 865 g/mol. The second kappa shape index (κ2) is 50.5. The van der Waals surface area contributed by atoms with Crippen LogP contribution in [0.2, 0.25) is 0 Å². The summed E-state index contributed by atoms with van der Waals surface area (Å²) in [6.07, 6.45) is 63.4. The molecule has 356 valence electrons. The zero-order chi connectivity index (χ0) is 45.1. The molecular weight excluding hydrogens is 769 g/mol. The van der Waals surface area contributed by atoms with Crippen molar-refractivity contribution in [2.45, 2.75) is 252 Å². The van der Waals surface area contributed by atoms with Crippen molar-refractivity contribution in [2.24, 2.45) is 0 Å². The molecule has 0 aromatic heterocycles. The fraction of sp³-hybridized carbons (Fsp3) is 0.732. The zero-order valence-corrected chi connectivity index (χ0v) is 40.6. The summed E-state index contributed by atoms with van der Waals surface area (Å²) in [6, 6.07) is 0. The van der Waals surface area contributed by atoms with Crippen LogP contribution in [0.5, 0.6) is 0 Å². The second-order valence-corrected chi connectivity index (χ2v) is 17.1. The Morgan fingerprint density at radius 3 is 1.08 bits per heavy atom. The molecule has 0 aromatic carbocycles. The third-order valence-electron chi connectivity index (χ3n) is 11.0. The van der Waals surface area contributed by atoms with Crippen LogP contribution in [0.3, 0.4) is 0 Å². The van der Waals surface area contributed by atoms with Crippen LogP contribution in [-0.4, -0.2) is 37.2 Å². The zero-order valence-electron chi connectivity index (χ0n) is 40.6. The van der Waals surface area contributed by atoms with Crippen LogP contribution >= 0.6 is 0 Å². The van der Waals surface area contributed by atoms with Crippen molar-refractivity contribution in [1.82, 2.24) is 0 Å². The van der Waals surface area contributed by atoms with E-state index in [0.29, 0.717) is 19.3 Å². The molecule has 62 heavy (non-hydrogen) atoms. The van der Waals surface area contributed by atoms with Gasteiger partial charge in [-0.15, -0.1) is 0 Å². The monoisotopic (exact) mass is 865 g/mol. The standard InChI is InChI=1S/C56H96O6/c1-4-7-10-13-16-19-22-25-26-27-28-29-32-34-37-40-43-46-49-55(58)61-52-53(62-56(59)50-47-44-41-38-35-31-24-21-18-15-12-9-6-3)51-60-54(57)48-45-42-39-36-33-30-23-20-17-14-11-8-5-2/h26-31,33,35,39,41-42,44,53H,4-25,32,34,36-38,40,43,45-52H2,1-3H3/b27-26-,29-28-,33-30-,35-31-,42-39-,44-41-. The van der Waals surface area contributed by atoms with E-state index >= 15 is 0 Å². The first-order valence-corrected chi connectivity index (χ1v) is 26.0. The van der Waals surface area contributed by atoms with Gasteiger partial charge in [0.1, 0.15) is 13.2 Å². The van der Waals surface area contributed by atoms with E-state index in [-0.39, 0.29) is 38.0 Å². The Kier molecular flexibility index (Phi) is 47.9. The fourth-order valence-electron chi connectivity index (χ4n) is 7.01. The maximum absolute atomic E-state index is 12.7. The van der Waals surface area contributed by atoms with Crippen molar-refractivity contribution >= 4 is 17.9 Å². The SMILES string of the molecule is CCCCCCCC/C=C\C/C=C\CCC(=O)OCC(COC(=O)CCCCCCC/C=C\C=C/CCCCCCCCC)OC(=O)CC/C=C\C/C=C\CCCCCCCC. The summed E-state index contributed by atoms with van der Waals surface area (Å²) in [5, 5.41) is 0. The largest absolute Gasteiger partial charge is 0.462 e. The highest BCUT2D eigenvalue weighted by Gasteiger charge is 2.19. The predicted molar refractivity (Wildman–Crippen MR) is 265 cm³/mol. The molecule has 6 heteroatoms. The summed E-state index contributed by atoms with van der Waals surface area (Å²) in [7, 11) is 0. The molecule has 0 rings (SSSR count). The summed E-state index contributed by atoms with van der Waals surface area (Å²) in [5.41, 5.74) is 0. The van der Waals surface area contributed by atoms with Gasteiger partial charge in [0, 0.05) is 19.3 Å². The van der Waals surface area contributed by atoms with Crippen LogP contribution in [0.25, 0.3) is 0 Å². The molecule has 0 aliphatic rings. The van der Waals surface area contributed by atoms with E-state index in [4.69, 9.17) is 14.2 Å². The molecule has 0 N–H and O–H groups in total. The quantitative estimate of drug-likeness (QED) is 0.0199. The van der Waals surface area contributed by atoms with Gasteiger partial charge in [-0.1, -0.05) is 216 Å². The van der Waals surface area contributed by atoms with Gasteiger partial charge in [0.15, 0.2) is 6.10 Å². The van der Waals surface area contributed by atoms with E-state index in [9.17, 15) is 14.4 Å². The summed E-state index contributed by atoms with van der Waals surface area (Å²) >= 11 is 0. The first-order chi connectivity index (χ1) is 30.5. The van der Waals surface area contributed by atoms with Crippen LogP contribution in [-0.2, 0) is 28.6 Å². The molecule has 0 aliphatic carbocycles. The second-order valence-electron chi connectivity index (χ2n) is 17.1. The Morgan fingerprint density at radius 2 is 0.661 bits per heavy atom. The van der Waals surface area contributed by atoms with Gasteiger partial charge in [0.25, 0.3) is 0 Å². The van der Waals surface area contributed by atoms with E-state index in [0.717, 1.165) is 64.2 Å². The lowest BCUT2D eigenvalue weighted by atomic mass is 10.1. The topological polar surface area (TPSA) is 78.9 Å². The third kappa shape index (κ3) is 47.9. The molecule has 1 atom stereocenters. The van der Waals surface area contributed by atoms with Crippen molar-refractivity contribution < 1.29 is 28.6 Å². The van der Waals surface area contributed by atoms with E-state index in [2.05, 4.69) is 81.5 Å². The molecule has 6 nitrogen and oxygen atoms in total. The molecule has 0 aliphatic heterocycles. The molecule has 0 spiro atoms. The van der Waals surface area contributed by atoms with Crippen LogP contribution in [0.4, 0.5) is 0 Å². The van der Waals surface area contributed by atoms with Crippen molar-refractivity contribution in [3.63, 3.8) is 0 Å². The Hall–Kier alpha value is -3.15. The fourth-order valence-corrected chi connectivity index (χ4v) is 7.01. The number of hydrogen-bond acceptors (Lipinski definition) is 6. The summed E-state index contributed by atoms with van der Waals surface area (Å²) in [4.78, 5) is 37.9. The van der Waals surface area contributed by atoms with Gasteiger partial charge >= 0.3 is 17.9 Å². The van der Waals surface area contributed by atoms with Gasteiger partial charge in [0.2, 0.25) is 0 Å². The molecule has 0 bridgehead atoms. The van der Waals surface area contributed by atoms with Gasteiger partial charge in [-0.3, -0.25) is 14.4 Å². The van der Waals surface area contributed by atoms with E-state index in [1.54, 1.807) is 0 Å². The minimum atomic E-state index is -0.833. The van der Waals surface area contributed by atoms with Gasteiger partial charge in [-0.05, 0) is 83.5 Å². The molecule has 0 saturated heterocycles. The summed E-state index contributed by atoms with van der Waals surface area (Å²) in [6.45, 7) is 6.50. The van der Waals surface area contributed by atoms with Crippen molar-refractivity contribution in [3.8, 4) is 0 Å². The average Bonchev–Trinajstić information content (AvgIpc) is 3.27. The summed E-state index contributed by atoms with van der Waals surface area (Å²) < 4.78 is 16.6. The predicted octanol–water partition coefficient (Wildman–Crippen LogP) is 17.0. The lowest BCUT2D eigenvalue weighted by Gasteiger charge is -2.18. The van der Waals surface area contributed by atoms with E-state index in [1.807, 2.05) is 12.2 Å². The normalized spacial score (nSPS) is 12.6. The highest BCUT2D eigenvalue weighted by Crippen LogP contribution is 2.12. The minimum absolute atomic E-state index is 0.123. The van der Waals surface area contributed by atoms with Crippen LogP contribution in [0.1, 0.15) is 245 Å².